The minimum absolute atomic E-state index is 0.0589. The van der Waals surface area contributed by atoms with E-state index in [1.165, 1.54) is 6.92 Å². The summed E-state index contributed by atoms with van der Waals surface area (Å²) in [6, 6.07) is 7.58. The van der Waals surface area contributed by atoms with E-state index in [1.54, 1.807) is 11.8 Å². The number of amides is 1. The van der Waals surface area contributed by atoms with Crippen molar-refractivity contribution in [2.75, 3.05) is 22.9 Å². The lowest BCUT2D eigenvalue weighted by atomic mass is 10.3. The molecule has 2 rings (SSSR count). The van der Waals surface area contributed by atoms with E-state index in [-0.39, 0.29) is 5.91 Å². The zero-order valence-electron chi connectivity index (χ0n) is 8.99. The van der Waals surface area contributed by atoms with Gasteiger partial charge in [0, 0.05) is 24.1 Å². The van der Waals surface area contributed by atoms with Gasteiger partial charge in [0.15, 0.2) is 5.17 Å². The lowest BCUT2D eigenvalue weighted by Gasteiger charge is -2.06. The highest BCUT2D eigenvalue weighted by Gasteiger charge is 2.06. The van der Waals surface area contributed by atoms with E-state index < -0.39 is 0 Å². The minimum atomic E-state index is -0.0589. The van der Waals surface area contributed by atoms with Crippen LogP contribution >= 0.6 is 11.8 Å². The quantitative estimate of drug-likeness (QED) is 0.826. The van der Waals surface area contributed by atoms with Gasteiger partial charge < -0.3 is 10.6 Å². The van der Waals surface area contributed by atoms with Gasteiger partial charge in [-0.3, -0.25) is 9.79 Å². The molecule has 84 valence electrons. The second kappa shape index (κ2) is 5.03. The molecule has 0 saturated heterocycles. The van der Waals surface area contributed by atoms with Gasteiger partial charge >= 0.3 is 0 Å². The van der Waals surface area contributed by atoms with Crippen LogP contribution in [0.4, 0.5) is 11.4 Å². The average Bonchev–Trinajstić information content (AvgIpc) is 2.73. The van der Waals surface area contributed by atoms with Crippen molar-refractivity contribution in [1.29, 1.82) is 0 Å². The van der Waals surface area contributed by atoms with Crippen molar-refractivity contribution in [3.8, 4) is 0 Å². The molecule has 0 atom stereocenters. The monoisotopic (exact) mass is 235 g/mol. The molecule has 1 amide bonds. The maximum absolute atomic E-state index is 10.8. The molecule has 1 aliphatic rings. The lowest BCUT2D eigenvalue weighted by molar-refractivity contribution is -0.114. The number of rotatable bonds is 2. The van der Waals surface area contributed by atoms with E-state index in [9.17, 15) is 4.79 Å². The first-order valence-corrected chi connectivity index (χ1v) is 6.04. The van der Waals surface area contributed by atoms with Crippen LogP contribution in [0.5, 0.6) is 0 Å². The second-order valence-electron chi connectivity index (χ2n) is 3.42. The summed E-state index contributed by atoms with van der Waals surface area (Å²) in [4.78, 5) is 15.1. The van der Waals surface area contributed by atoms with Crippen LogP contribution in [0.1, 0.15) is 6.92 Å². The molecular formula is C11H13N3OS. The Bertz CT molecular complexity index is 414. The lowest BCUT2D eigenvalue weighted by Crippen LogP contribution is -2.07. The number of thioether (sulfide) groups is 1. The van der Waals surface area contributed by atoms with Crippen molar-refractivity contribution < 1.29 is 4.79 Å². The van der Waals surface area contributed by atoms with E-state index in [4.69, 9.17) is 0 Å². The van der Waals surface area contributed by atoms with Crippen LogP contribution in [0.2, 0.25) is 0 Å². The van der Waals surface area contributed by atoms with Crippen LogP contribution in [0.3, 0.4) is 0 Å². The number of carbonyl (C=O) groups excluding carboxylic acids is 1. The molecule has 0 aliphatic carbocycles. The first kappa shape index (κ1) is 11.0. The Hall–Kier alpha value is -1.49. The summed E-state index contributed by atoms with van der Waals surface area (Å²) in [7, 11) is 0. The molecule has 4 nitrogen and oxygen atoms in total. The Morgan fingerprint density at radius 3 is 2.56 bits per heavy atom. The van der Waals surface area contributed by atoms with E-state index in [0.29, 0.717) is 0 Å². The largest absolute Gasteiger partial charge is 0.335 e. The minimum Gasteiger partial charge on any atom is -0.335 e. The molecule has 0 bridgehead atoms. The Balaban J connectivity index is 1.98. The van der Waals surface area contributed by atoms with Crippen LogP contribution in [-0.2, 0) is 4.79 Å². The number of amidine groups is 1. The summed E-state index contributed by atoms with van der Waals surface area (Å²) in [5, 5.41) is 6.91. The van der Waals surface area contributed by atoms with Crippen molar-refractivity contribution in [2.45, 2.75) is 6.92 Å². The number of hydrogen-bond donors (Lipinski definition) is 2. The van der Waals surface area contributed by atoms with Crippen molar-refractivity contribution in [2.24, 2.45) is 4.99 Å². The number of nitrogens with zero attached hydrogens (tertiary/aromatic N) is 1. The third-order valence-electron chi connectivity index (χ3n) is 2.04. The fourth-order valence-corrected chi connectivity index (χ4v) is 2.12. The maximum Gasteiger partial charge on any atom is 0.221 e. The van der Waals surface area contributed by atoms with Crippen LogP contribution in [0.25, 0.3) is 0 Å². The predicted octanol–water partition coefficient (Wildman–Crippen LogP) is 2.16. The molecule has 5 heteroatoms. The number of nitrogens with one attached hydrogen (secondary N) is 2. The van der Waals surface area contributed by atoms with Gasteiger partial charge in [-0.05, 0) is 24.3 Å². The summed E-state index contributed by atoms with van der Waals surface area (Å²) in [6.45, 7) is 2.38. The van der Waals surface area contributed by atoms with Gasteiger partial charge in [-0.2, -0.15) is 0 Å². The third kappa shape index (κ3) is 3.00. The van der Waals surface area contributed by atoms with Crippen LogP contribution < -0.4 is 10.6 Å². The van der Waals surface area contributed by atoms with Gasteiger partial charge in [0.2, 0.25) is 5.91 Å². The molecule has 1 aromatic carbocycles. The number of carbonyl (C=O) groups is 1. The van der Waals surface area contributed by atoms with Gasteiger partial charge in [0.05, 0.1) is 6.54 Å². The molecule has 0 spiro atoms. The van der Waals surface area contributed by atoms with Crippen molar-refractivity contribution >= 4 is 34.2 Å². The van der Waals surface area contributed by atoms with Gasteiger partial charge in [-0.15, -0.1) is 0 Å². The van der Waals surface area contributed by atoms with Crippen molar-refractivity contribution in [1.82, 2.24) is 0 Å². The molecule has 0 aromatic heterocycles. The number of benzene rings is 1. The van der Waals surface area contributed by atoms with Crippen LogP contribution in [0, 0.1) is 0 Å². The Kier molecular flexibility index (Phi) is 3.46. The third-order valence-corrected chi connectivity index (χ3v) is 2.93. The highest BCUT2D eigenvalue weighted by Crippen LogP contribution is 2.18. The first-order chi connectivity index (χ1) is 7.74. The summed E-state index contributed by atoms with van der Waals surface area (Å²) in [6.07, 6.45) is 0. The molecule has 1 aliphatic heterocycles. The smallest absolute Gasteiger partial charge is 0.221 e. The zero-order chi connectivity index (χ0) is 11.4. The van der Waals surface area contributed by atoms with Crippen LogP contribution in [0.15, 0.2) is 29.3 Å². The van der Waals surface area contributed by atoms with E-state index in [2.05, 4.69) is 15.6 Å². The summed E-state index contributed by atoms with van der Waals surface area (Å²) in [5.74, 6) is 0.989. The van der Waals surface area contributed by atoms with Crippen molar-refractivity contribution in [3.05, 3.63) is 24.3 Å². The topological polar surface area (TPSA) is 53.5 Å². The normalized spacial score (nSPS) is 14.4. The molecular weight excluding hydrogens is 222 g/mol. The standard InChI is InChI=1S/C11H13N3OS/c1-8(15)13-9-2-4-10(5-3-9)14-11-12-6-7-16-11/h2-5H,6-7H2,1H3,(H,12,14)(H,13,15). The van der Waals surface area contributed by atoms with Gasteiger partial charge in [0.25, 0.3) is 0 Å². The first-order valence-electron chi connectivity index (χ1n) is 5.06. The predicted molar refractivity (Wildman–Crippen MR) is 69.1 cm³/mol. The maximum atomic E-state index is 10.8. The van der Waals surface area contributed by atoms with Gasteiger partial charge in [-0.25, -0.2) is 0 Å². The van der Waals surface area contributed by atoms with Crippen molar-refractivity contribution in [3.63, 3.8) is 0 Å². The SMILES string of the molecule is CC(=O)Nc1ccc(NC2=NCCS2)cc1. The molecule has 1 heterocycles. The summed E-state index contributed by atoms with van der Waals surface area (Å²) in [5.41, 5.74) is 1.79. The fourth-order valence-electron chi connectivity index (χ4n) is 1.37. The van der Waals surface area contributed by atoms with E-state index in [1.807, 2.05) is 24.3 Å². The molecule has 2 N–H and O–H groups in total. The average molecular weight is 235 g/mol. The summed E-state index contributed by atoms with van der Waals surface area (Å²) < 4.78 is 0. The summed E-state index contributed by atoms with van der Waals surface area (Å²) >= 11 is 1.72. The molecule has 1 aromatic rings. The van der Waals surface area contributed by atoms with E-state index in [0.717, 1.165) is 28.8 Å². The molecule has 0 saturated carbocycles. The second-order valence-corrected chi connectivity index (χ2v) is 4.50. The zero-order valence-corrected chi connectivity index (χ0v) is 9.80. The number of anilines is 2. The Morgan fingerprint density at radius 2 is 2.00 bits per heavy atom. The highest BCUT2D eigenvalue weighted by molar-refractivity contribution is 8.14. The molecule has 0 radical (unpaired) electrons. The fraction of sp³-hybridized carbons (Fsp3) is 0.273. The van der Waals surface area contributed by atoms with Crippen LogP contribution in [-0.4, -0.2) is 23.4 Å². The van der Waals surface area contributed by atoms with E-state index >= 15 is 0 Å². The number of aliphatic imine (C=N–C) groups is 1. The Labute approximate surface area is 98.5 Å². The molecule has 16 heavy (non-hydrogen) atoms. The molecule has 0 unspecified atom stereocenters. The van der Waals surface area contributed by atoms with Gasteiger partial charge in [-0.1, -0.05) is 11.8 Å². The van der Waals surface area contributed by atoms with Gasteiger partial charge in [0.1, 0.15) is 0 Å². The Morgan fingerprint density at radius 1 is 1.31 bits per heavy atom. The number of hydrogen-bond acceptors (Lipinski definition) is 4. The molecule has 0 fully saturated rings. The highest BCUT2D eigenvalue weighted by atomic mass is 32.2.